The van der Waals surface area contributed by atoms with Gasteiger partial charge in [-0.25, -0.2) is 0 Å². The van der Waals surface area contributed by atoms with E-state index in [0.29, 0.717) is 36.3 Å². The summed E-state index contributed by atoms with van der Waals surface area (Å²) in [4.78, 5) is 25.5. The van der Waals surface area contributed by atoms with Gasteiger partial charge in [-0.2, -0.15) is 0 Å². The number of non-ortho nitro benzene ring substituents is 1. The summed E-state index contributed by atoms with van der Waals surface area (Å²) in [6.45, 7) is 0. The summed E-state index contributed by atoms with van der Waals surface area (Å²) in [6.07, 6.45) is 3.47. The van der Waals surface area contributed by atoms with E-state index in [1.807, 2.05) is 6.07 Å². The van der Waals surface area contributed by atoms with Crippen LogP contribution in [0.25, 0.3) is 11.8 Å². The minimum absolute atomic E-state index is 0.0157. The van der Waals surface area contributed by atoms with Gasteiger partial charge in [0.2, 0.25) is 0 Å². The number of thioether (sulfide) groups is 1. The van der Waals surface area contributed by atoms with Crippen molar-refractivity contribution >= 4 is 74.9 Å². The summed E-state index contributed by atoms with van der Waals surface area (Å²) in [7, 11) is 0. The number of carbonyl (C=O) groups is 1. The van der Waals surface area contributed by atoms with Gasteiger partial charge in [0.1, 0.15) is 0 Å². The standard InChI is InChI=1S/C20H11Cl2N3O3S2/c21-16-7-6-14(10-17(16)22)24-19(26)18(30-20(24)29)11-13-5-2-8-23(13)12-3-1-4-15(9-12)25(27)28/h1-11H/b18-11+. The van der Waals surface area contributed by atoms with Gasteiger partial charge in [-0.1, -0.05) is 53.2 Å². The second kappa shape index (κ2) is 8.23. The summed E-state index contributed by atoms with van der Waals surface area (Å²) >= 11 is 18.6. The molecule has 0 radical (unpaired) electrons. The summed E-state index contributed by atoms with van der Waals surface area (Å²) in [5.74, 6) is -0.282. The topological polar surface area (TPSA) is 68.4 Å². The number of aromatic nitrogens is 1. The van der Waals surface area contributed by atoms with Crippen LogP contribution in [-0.2, 0) is 4.79 Å². The highest BCUT2D eigenvalue weighted by molar-refractivity contribution is 8.27. The Morgan fingerprint density at radius 1 is 1.03 bits per heavy atom. The molecular formula is C20H11Cl2N3O3S2. The van der Waals surface area contributed by atoms with E-state index in [9.17, 15) is 14.9 Å². The van der Waals surface area contributed by atoms with Gasteiger partial charge >= 0.3 is 0 Å². The SMILES string of the molecule is O=C1/C(=C\c2cccn2-c2cccc([N+](=O)[O-])c2)SC(=S)N1c1ccc(Cl)c(Cl)c1. The third kappa shape index (κ3) is 3.87. The summed E-state index contributed by atoms with van der Waals surface area (Å²) in [5, 5.41) is 11.8. The Kier molecular flexibility index (Phi) is 5.66. The first kappa shape index (κ1) is 20.6. The minimum atomic E-state index is -0.449. The molecule has 10 heteroatoms. The maximum Gasteiger partial charge on any atom is 0.271 e. The molecule has 1 aliphatic heterocycles. The van der Waals surface area contributed by atoms with Crippen molar-refractivity contribution in [1.29, 1.82) is 0 Å². The minimum Gasteiger partial charge on any atom is -0.317 e. The molecule has 0 aliphatic carbocycles. The van der Waals surface area contributed by atoms with Crippen molar-refractivity contribution in [3.05, 3.63) is 91.6 Å². The van der Waals surface area contributed by atoms with Crippen LogP contribution in [0.2, 0.25) is 10.0 Å². The molecule has 30 heavy (non-hydrogen) atoms. The first-order chi connectivity index (χ1) is 14.3. The third-order valence-electron chi connectivity index (χ3n) is 4.33. The van der Waals surface area contributed by atoms with Crippen LogP contribution in [0.15, 0.2) is 65.7 Å². The van der Waals surface area contributed by atoms with Crippen LogP contribution in [0.1, 0.15) is 5.69 Å². The molecule has 4 rings (SSSR count). The molecule has 0 bridgehead atoms. The molecule has 0 atom stereocenters. The number of nitro groups is 1. The van der Waals surface area contributed by atoms with Crippen molar-refractivity contribution in [2.24, 2.45) is 0 Å². The van der Waals surface area contributed by atoms with Crippen LogP contribution in [0.5, 0.6) is 0 Å². The second-order valence-corrected chi connectivity index (χ2v) is 8.69. The monoisotopic (exact) mass is 475 g/mol. The van der Waals surface area contributed by atoms with E-state index in [1.54, 1.807) is 53.2 Å². The number of hydrogen-bond acceptors (Lipinski definition) is 5. The number of benzene rings is 2. The van der Waals surface area contributed by atoms with Crippen molar-refractivity contribution in [3.8, 4) is 5.69 Å². The molecule has 3 aromatic rings. The second-order valence-electron chi connectivity index (χ2n) is 6.20. The Hall–Kier alpha value is -2.65. The van der Waals surface area contributed by atoms with E-state index >= 15 is 0 Å². The molecule has 1 aliphatic rings. The van der Waals surface area contributed by atoms with Crippen molar-refractivity contribution in [2.75, 3.05) is 4.90 Å². The van der Waals surface area contributed by atoms with E-state index in [2.05, 4.69) is 0 Å². The van der Waals surface area contributed by atoms with Crippen LogP contribution in [0.4, 0.5) is 11.4 Å². The molecule has 1 saturated heterocycles. The van der Waals surface area contributed by atoms with Gasteiger partial charge in [0.25, 0.3) is 11.6 Å². The zero-order valence-corrected chi connectivity index (χ0v) is 18.1. The Bertz CT molecular complexity index is 1240. The summed E-state index contributed by atoms with van der Waals surface area (Å²) in [6, 6.07) is 14.7. The van der Waals surface area contributed by atoms with E-state index in [4.69, 9.17) is 35.4 Å². The van der Waals surface area contributed by atoms with Crippen LogP contribution in [-0.4, -0.2) is 19.7 Å². The Morgan fingerprint density at radius 2 is 1.83 bits per heavy atom. The van der Waals surface area contributed by atoms with E-state index in [1.165, 1.54) is 28.8 Å². The number of nitrogens with zero attached hydrogens (tertiary/aromatic N) is 3. The molecule has 1 fully saturated rings. The lowest BCUT2D eigenvalue weighted by Crippen LogP contribution is -2.27. The molecule has 6 nitrogen and oxygen atoms in total. The molecule has 150 valence electrons. The molecule has 1 aromatic heterocycles. The third-order valence-corrected chi connectivity index (χ3v) is 6.37. The van der Waals surface area contributed by atoms with E-state index in [0.717, 1.165) is 0 Å². The Labute approximate surface area is 190 Å². The number of anilines is 1. The first-order valence-electron chi connectivity index (χ1n) is 8.50. The van der Waals surface area contributed by atoms with E-state index in [-0.39, 0.29) is 11.6 Å². The molecule has 2 heterocycles. The van der Waals surface area contributed by atoms with Gasteiger partial charge in [0, 0.05) is 24.0 Å². The highest BCUT2D eigenvalue weighted by Gasteiger charge is 2.33. The lowest BCUT2D eigenvalue weighted by molar-refractivity contribution is -0.384. The lowest BCUT2D eigenvalue weighted by Gasteiger charge is -2.15. The van der Waals surface area contributed by atoms with Gasteiger partial charge in [-0.3, -0.25) is 19.8 Å². The van der Waals surface area contributed by atoms with Crippen LogP contribution in [0.3, 0.4) is 0 Å². The number of hydrogen-bond donors (Lipinski definition) is 0. The molecule has 0 spiro atoms. The summed E-state index contributed by atoms with van der Waals surface area (Å²) in [5.41, 5.74) is 1.81. The van der Waals surface area contributed by atoms with Crippen molar-refractivity contribution in [1.82, 2.24) is 4.57 Å². The zero-order valence-electron chi connectivity index (χ0n) is 15.0. The molecule has 0 unspecified atom stereocenters. The Balaban J connectivity index is 1.69. The Morgan fingerprint density at radius 3 is 2.57 bits per heavy atom. The smallest absolute Gasteiger partial charge is 0.271 e. The van der Waals surface area contributed by atoms with E-state index < -0.39 is 4.92 Å². The highest BCUT2D eigenvalue weighted by Crippen LogP contribution is 2.38. The van der Waals surface area contributed by atoms with Crippen molar-refractivity contribution in [3.63, 3.8) is 0 Å². The largest absolute Gasteiger partial charge is 0.317 e. The fourth-order valence-corrected chi connectivity index (χ4v) is 4.53. The van der Waals surface area contributed by atoms with Gasteiger partial charge in [0.15, 0.2) is 4.32 Å². The number of halogens is 2. The van der Waals surface area contributed by atoms with Crippen LogP contribution < -0.4 is 4.90 Å². The average molecular weight is 476 g/mol. The predicted molar refractivity (Wildman–Crippen MR) is 125 cm³/mol. The maximum atomic E-state index is 13.0. The van der Waals surface area contributed by atoms with Crippen molar-refractivity contribution in [2.45, 2.75) is 0 Å². The number of nitro benzene ring substituents is 1. The molecule has 2 aromatic carbocycles. The summed E-state index contributed by atoms with van der Waals surface area (Å²) < 4.78 is 2.14. The number of rotatable bonds is 4. The predicted octanol–water partition coefficient (Wildman–Crippen LogP) is 6.10. The molecule has 1 amide bonds. The van der Waals surface area contributed by atoms with Crippen molar-refractivity contribution < 1.29 is 9.72 Å². The molecule has 0 saturated carbocycles. The molecule has 0 N–H and O–H groups in total. The van der Waals surface area contributed by atoms with Crippen LogP contribution >= 0.6 is 47.2 Å². The number of thiocarbonyl (C=S) groups is 1. The zero-order chi connectivity index (χ0) is 21.4. The van der Waals surface area contributed by atoms with Crippen LogP contribution in [0, 0.1) is 10.1 Å². The van der Waals surface area contributed by atoms with Gasteiger partial charge in [-0.05, 0) is 42.5 Å². The first-order valence-corrected chi connectivity index (χ1v) is 10.5. The van der Waals surface area contributed by atoms with Gasteiger partial charge in [-0.15, -0.1) is 0 Å². The maximum absolute atomic E-state index is 13.0. The normalized spacial score (nSPS) is 15.3. The average Bonchev–Trinajstić information content (AvgIpc) is 3.29. The number of amides is 1. The van der Waals surface area contributed by atoms with Gasteiger partial charge in [0.05, 0.1) is 31.2 Å². The molecular weight excluding hydrogens is 465 g/mol. The lowest BCUT2D eigenvalue weighted by atomic mass is 10.2. The quantitative estimate of drug-likeness (QED) is 0.197. The van der Waals surface area contributed by atoms with Gasteiger partial charge < -0.3 is 4.57 Å². The fourth-order valence-electron chi connectivity index (χ4n) is 2.95. The number of carbonyl (C=O) groups excluding carboxylic acids is 1. The highest BCUT2D eigenvalue weighted by atomic mass is 35.5. The fraction of sp³-hybridized carbons (Fsp3) is 0.